The molecule has 0 spiro atoms. The Morgan fingerprint density at radius 3 is 2.88 bits per heavy atom. The summed E-state index contributed by atoms with van der Waals surface area (Å²) in [5.74, 6) is -0.179. The standard InChI is InChI=1S/C21H22BrClN4O3S2/c1-11-18(10-29-13(3)28)30-21(32-14-4-5-16(23)15(22)8-14)12(2)19(11)27-9-17(25-26-27)20-24-6-7-31-20/h4-9,11-12,18-19,21H,10H2,1-3H3/t11-,12?,18?,19-,21+/m0/s1. The van der Waals surface area contributed by atoms with Gasteiger partial charge in [-0.2, -0.15) is 0 Å². The van der Waals surface area contributed by atoms with E-state index in [0.717, 1.165) is 20.1 Å². The van der Waals surface area contributed by atoms with Gasteiger partial charge in [0, 0.05) is 39.7 Å². The molecule has 3 heterocycles. The van der Waals surface area contributed by atoms with E-state index in [4.69, 9.17) is 21.1 Å². The number of nitrogens with zero attached hydrogens (tertiary/aromatic N) is 4. The minimum absolute atomic E-state index is 0.00115. The van der Waals surface area contributed by atoms with Crippen LogP contribution < -0.4 is 0 Å². The highest BCUT2D eigenvalue weighted by Crippen LogP contribution is 2.45. The molecule has 4 rings (SSSR count). The minimum atomic E-state index is -0.325. The summed E-state index contributed by atoms with van der Waals surface area (Å²) in [4.78, 5) is 16.8. The summed E-state index contributed by atoms with van der Waals surface area (Å²) in [6, 6.07) is 5.81. The monoisotopic (exact) mass is 556 g/mol. The van der Waals surface area contributed by atoms with Crippen molar-refractivity contribution in [2.75, 3.05) is 6.61 Å². The lowest BCUT2D eigenvalue weighted by Crippen LogP contribution is -2.47. The molecule has 2 unspecified atom stereocenters. The molecule has 0 radical (unpaired) electrons. The SMILES string of the molecule is CC(=O)OCC1O[C@H](Sc2ccc(Cl)c(Br)c2)C(C)[C@@H](n2cc(-c3nccs3)nn2)[C@H]1C. The number of benzene rings is 1. The van der Waals surface area contributed by atoms with Crippen LogP contribution in [-0.4, -0.2) is 44.1 Å². The molecule has 5 atom stereocenters. The van der Waals surface area contributed by atoms with Crippen LogP contribution in [0.2, 0.25) is 5.02 Å². The van der Waals surface area contributed by atoms with Crippen LogP contribution >= 0.6 is 50.6 Å². The van der Waals surface area contributed by atoms with E-state index in [0.29, 0.717) is 5.02 Å². The summed E-state index contributed by atoms with van der Waals surface area (Å²) >= 11 is 12.8. The number of esters is 1. The fraction of sp³-hybridized carbons (Fsp3) is 0.429. The Bertz CT molecular complexity index is 1080. The first kappa shape index (κ1) is 23.7. The van der Waals surface area contributed by atoms with Crippen molar-refractivity contribution in [2.45, 2.75) is 43.2 Å². The highest BCUT2D eigenvalue weighted by atomic mass is 79.9. The zero-order valence-corrected chi connectivity index (χ0v) is 21.6. The molecule has 170 valence electrons. The lowest BCUT2D eigenvalue weighted by Gasteiger charge is -2.44. The predicted molar refractivity (Wildman–Crippen MR) is 129 cm³/mol. The summed E-state index contributed by atoms with van der Waals surface area (Å²) < 4.78 is 14.5. The molecular weight excluding hydrogens is 536 g/mol. The number of ether oxygens (including phenoxy) is 2. The van der Waals surface area contributed by atoms with Gasteiger partial charge in [0.2, 0.25) is 0 Å². The van der Waals surface area contributed by atoms with Gasteiger partial charge in [-0.1, -0.05) is 42.4 Å². The number of carbonyl (C=O) groups excluding carboxylic acids is 1. The lowest BCUT2D eigenvalue weighted by molar-refractivity contribution is -0.156. The number of aromatic nitrogens is 4. The van der Waals surface area contributed by atoms with Gasteiger partial charge < -0.3 is 9.47 Å². The molecule has 7 nitrogen and oxygen atoms in total. The number of thiazole rings is 1. The van der Waals surface area contributed by atoms with Crippen molar-refractivity contribution in [3.63, 3.8) is 0 Å². The number of halogens is 2. The number of hydrogen-bond donors (Lipinski definition) is 0. The molecule has 1 aliphatic rings. The maximum absolute atomic E-state index is 11.5. The minimum Gasteiger partial charge on any atom is -0.463 e. The molecule has 1 aromatic carbocycles. The smallest absolute Gasteiger partial charge is 0.302 e. The van der Waals surface area contributed by atoms with Crippen molar-refractivity contribution >= 4 is 56.6 Å². The zero-order chi connectivity index (χ0) is 22.8. The molecule has 1 saturated heterocycles. The van der Waals surface area contributed by atoms with E-state index in [1.54, 1.807) is 18.0 Å². The lowest BCUT2D eigenvalue weighted by atomic mass is 9.84. The van der Waals surface area contributed by atoms with Gasteiger partial charge in [0.1, 0.15) is 22.7 Å². The Morgan fingerprint density at radius 1 is 1.38 bits per heavy atom. The number of thioether (sulfide) groups is 1. The Balaban J connectivity index is 1.62. The molecule has 0 amide bonds. The van der Waals surface area contributed by atoms with Gasteiger partial charge >= 0.3 is 5.97 Å². The Labute approximate surface area is 208 Å². The molecule has 0 N–H and O–H groups in total. The van der Waals surface area contributed by atoms with Crippen LogP contribution in [0.25, 0.3) is 10.7 Å². The average molecular weight is 558 g/mol. The second-order valence-electron chi connectivity index (χ2n) is 7.67. The van der Waals surface area contributed by atoms with Gasteiger partial charge in [0.25, 0.3) is 0 Å². The van der Waals surface area contributed by atoms with Crippen molar-refractivity contribution in [1.82, 2.24) is 20.0 Å². The summed E-state index contributed by atoms with van der Waals surface area (Å²) in [7, 11) is 0. The predicted octanol–water partition coefficient (Wildman–Crippen LogP) is 5.71. The van der Waals surface area contributed by atoms with Crippen molar-refractivity contribution in [1.29, 1.82) is 0 Å². The van der Waals surface area contributed by atoms with Crippen molar-refractivity contribution in [3.8, 4) is 10.7 Å². The Kier molecular flexibility index (Phi) is 7.56. The fourth-order valence-corrected chi connectivity index (χ4v) is 6.25. The first-order valence-electron chi connectivity index (χ1n) is 10.1. The third kappa shape index (κ3) is 5.20. The topological polar surface area (TPSA) is 79.1 Å². The van der Waals surface area contributed by atoms with E-state index in [1.807, 2.05) is 34.5 Å². The van der Waals surface area contributed by atoms with E-state index in [9.17, 15) is 4.79 Å². The van der Waals surface area contributed by atoms with E-state index in [-0.39, 0.29) is 42.0 Å². The summed E-state index contributed by atoms with van der Waals surface area (Å²) in [6.07, 6.45) is 3.41. The van der Waals surface area contributed by atoms with Crippen LogP contribution in [0.3, 0.4) is 0 Å². The van der Waals surface area contributed by atoms with Crippen LogP contribution in [0.15, 0.2) is 45.3 Å². The first-order valence-corrected chi connectivity index (χ1v) is 13.0. The molecular formula is C21H22BrClN4O3S2. The molecule has 1 aliphatic heterocycles. The fourth-order valence-electron chi connectivity index (χ4n) is 3.84. The van der Waals surface area contributed by atoms with Gasteiger partial charge in [0.15, 0.2) is 0 Å². The molecule has 1 fully saturated rings. The van der Waals surface area contributed by atoms with Crippen molar-refractivity contribution in [3.05, 3.63) is 45.5 Å². The van der Waals surface area contributed by atoms with Gasteiger partial charge in [-0.25, -0.2) is 9.67 Å². The highest BCUT2D eigenvalue weighted by molar-refractivity contribution is 9.10. The van der Waals surface area contributed by atoms with Crippen LogP contribution in [-0.2, 0) is 14.3 Å². The van der Waals surface area contributed by atoms with Crippen LogP contribution in [0, 0.1) is 11.8 Å². The number of hydrogen-bond acceptors (Lipinski definition) is 8. The first-order chi connectivity index (χ1) is 15.3. The summed E-state index contributed by atoms with van der Waals surface area (Å²) in [5.41, 5.74) is 0.561. The van der Waals surface area contributed by atoms with E-state index in [1.165, 1.54) is 18.3 Å². The second kappa shape index (κ2) is 10.2. The molecule has 0 saturated carbocycles. The molecule has 32 heavy (non-hydrogen) atoms. The average Bonchev–Trinajstić information content (AvgIpc) is 3.44. The Hall–Kier alpha value is -1.46. The van der Waals surface area contributed by atoms with E-state index in [2.05, 4.69) is 45.1 Å². The van der Waals surface area contributed by atoms with Gasteiger partial charge in [-0.05, 0) is 34.1 Å². The summed E-state index contributed by atoms with van der Waals surface area (Å²) in [5, 5.41) is 12.2. The van der Waals surface area contributed by atoms with E-state index < -0.39 is 0 Å². The third-order valence-electron chi connectivity index (χ3n) is 5.46. The molecule has 2 aromatic heterocycles. The number of rotatable bonds is 6. The second-order valence-corrected chi connectivity index (χ2v) is 11.0. The molecule has 0 aliphatic carbocycles. The van der Waals surface area contributed by atoms with Crippen LogP contribution in [0.1, 0.15) is 26.8 Å². The summed E-state index contributed by atoms with van der Waals surface area (Å²) in [6.45, 7) is 5.84. The van der Waals surface area contributed by atoms with E-state index >= 15 is 0 Å². The highest BCUT2D eigenvalue weighted by Gasteiger charge is 2.44. The third-order valence-corrected chi connectivity index (χ3v) is 8.77. The normalized spacial score (nSPS) is 25.6. The maximum Gasteiger partial charge on any atom is 0.302 e. The van der Waals surface area contributed by atoms with Crippen molar-refractivity contribution in [2.24, 2.45) is 11.8 Å². The largest absolute Gasteiger partial charge is 0.463 e. The molecule has 3 aromatic rings. The van der Waals surface area contributed by atoms with Gasteiger partial charge in [-0.15, -0.1) is 16.4 Å². The number of carbonyl (C=O) groups is 1. The molecule has 0 bridgehead atoms. The van der Waals surface area contributed by atoms with Crippen LogP contribution in [0.4, 0.5) is 0 Å². The van der Waals surface area contributed by atoms with Gasteiger partial charge in [-0.3, -0.25) is 4.79 Å². The quantitative estimate of drug-likeness (QED) is 0.359. The van der Waals surface area contributed by atoms with Crippen molar-refractivity contribution < 1.29 is 14.3 Å². The zero-order valence-electron chi connectivity index (χ0n) is 17.6. The maximum atomic E-state index is 11.5. The Morgan fingerprint density at radius 2 is 2.19 bits per heavy atom. The van der Waals surface area contributed by atoms with Crippen LogP contribution in [0.5, 0.6) is 0 Å². The molecule has 11 heteroatoms. The van der Waals surface area contributed by atoms with Gasteiger partial charge in [0.05, 0.1) is 23.4 Å².